The van der Waals surface area contributed by atoms with Crippen LogP contribution in [0.5, 0.6) is 0 Å². The number of nitrogens with zero attached hydrogens (tertiary/aromatic N) is 1. The molecule has 0 spiro atoms. The predicted octanol–water partition coefficient (Wildman–Crippen LogP) is 23.3. The zero-order valence-corrected chi connectivity index (χ0v) is 57.9. The first-order valence-corrected chi connectivity index (χ1v) is 37.1. The van der Waals surface area contributed by atoms with Crippen LogP contribution in [0.4, 0.5) is 0 Å². The molecule has 506 valence electrons. The zero-order valence-electron chi connectivity index (χ0n) is 57.9. The summed E-state index contributed by atoms with van der Waals surface area (Å²) in [6.07, 6.45) is 88.9. The molecule has 2 unspecified atom stereocenters. The molecule has 0 radical (unpaired) electrons. The van der Waals surface area contributed by atoms with Gasteiger partial charge in [0.2, 0.25) is 0 Å². The van der Waals surface area contributed by atoms with E-state index in [1.54, 1.807) is 0 Å². The van der Waals surface area contributed by atoms with E-state index in [1.807, 2.05) is 21.1 Å². The van der Waals surface area contributed by atoms with Gasteiger partial charge in [-0.25, -0.2) is 4.79 Å². The van der Waals surface area contributed by atoms with Crippen molar-refractivity contribution in [1.82, 2.24) is 0 Å². The average molecular weight is 1220 g/mol. The molecular weight excluding hydrogens is 1080 g/mol. The molecule has 0 aliphatic heterocycles. The van der Waals surface area contributed by atoms with Crippen molar-refractivity contribution in [1.29, 1.82) is 0 Å². The SMILES string of the molecule is CCCCCCC/C=C\C/C=C\C/C=C\CCCCCCCCCCCCCCCCCCCCCCCCCCC(=O)OC(COC(=O)CCCCCCCCCC/C=C\C/C=C\C/C=C\CCCCCCC)COC(OCC[N+](C)(C)C)C(=O)O. The molecule has 0 aliphatic carbocycles. The summed E-state index contributed by atoms with van der Waals surface area (Å²) in [5.74, 6) is -2.00. The Balaban J connectivity index is 4.01. The molecule has 0 bridgehead atoms. The van der Waals surface area contributed by atoms with E-state index in [0.29, 0.717) is 17.4 Å². The van der Waals surface area contributed by atoms with Crippen molar-refractivity contribution in [2.45, 2.75) is 360 Å². The highest BCUT2D eigenvalue weighted by atomic mass is 16.7. The van der Waals surface area contributed by atoms with Crippen LogP contribution in [-0.4, -0.2) is 87.4 Å². The third kappa shape index (κ3) is 70.1. The molecule has 0 saturated carbocycles. The Bertz CT molecular complexity index is 1660. The van der Waals surface area contributed by atoms with Crippen molar-refractivity contribution < 1.29 is 42.9 Å². The molecule has 0 fully saturated rings. The van der Waals surface area contributed by atoms with Gasteiger partial charge in [0.05, 0.1) is 34.4 Å². The number of hydrogen-bond acceptors (Lipinski definition) is 7. The summed E-state index contributed by atoms with van der Waals surface area (Å²) >= 11 is 0. The maximum absolute atomic E-state index is 13.0. The first-order valence-electron chi connectivity index (χ1n) is 37.1. The second-order valence-corrected chi connectivity index (χ2v) is 26.3. The topological polar surface area (TPSA) is 108 Å². The highest BCUT2D eigenvalue weighted by Crippen LogP contribution is 2.18. The number of carbonyl (C=O) groups excluding carboxylic acids is 2. The summed E-state index contributed by atoms with van der Waals surface area (Å²) in [6.45, 7) is 4.89. The third-order valence-electron chi connectivity index (χ3n) is 16.4. The highest BCUT2D eigenvalue weighted by Gasteiger charge is 2.25. The van der Waals surface area contributed by atoms with Crippen LogP contribution in [0, 0.1) is 0 Å². The van der Waals surface area contributed by atoms with Crippen LogP contribution in [0.3, 0.4) is 0 Å². The Hall–Kier alpha value is -3.27. The monoisotopic (exact) mass is 1220 g/mol. The van der Waals surface area contributed by atoms with E-state index in [0.717, 1.165) is 77.0 Å². The number of hydrogen-bond donors (Lipinski definition) is 1. The van der Waals surface area contributed by atoms with Crippen molar-refractivity contribution in [3.05, 3.63) is 72.9 Å². The van der Waals surface area contributed by atoms with Gasteiger partial charge in [0.25, 0.3) is 6.29 Å². The summed E-state index contributed by atoms with van der Waals surface area (Å²) in [6, 6.07) is 0. The predicted molar refractivity (Wildman–Crippen MR) is 373 cm³/mol. The van der Waals surface area contributed by atoms with Crippen molar-refractivity contribution in [2.75, 3.05) is 47.5 Å². The Kier molecular flexibility index (Phi) is 66.1. The van der Waals surface area contributed by atoms with Gasteiger partial charge in [0.15, 0.2) is 6.10 Å². The molecule has 0 aromatic rings. The number of ether oxygens (including phenoxy) is 4. The minimum atomic E-state index is -1.51. The first-order chi connectivity index (χ1) is 42.6. The molecule has 9 heteroatoms. The Morgan fingerprint density at radius 3 is 0.920 bits per heavy atom. The Morgan fingerprint density at radius 1 is 0.345 bits per heavy atom. The molecule has 87 heavy (non-hydrogen) atoms. The number of esters is 2. The Morgan fingerprint density at radius 2 is 0.621 bits per heavy atom. The van der Waals surface area contributed by atoms with Crippen LogP contribution in [-0.2, 0) is 33.3 Å². The number of carbonyl (C=O) groups is 3. The van der Waals surface area contributed by atoms with Gasteiger partial charge in [0.1, 0.15) is 13.2 Å². The molecule has 2 atom stereocenters. The smallest absolute Gasteiger partial charge is 0.361 e. The number of rotatable bonds is 69. The third-order valence-corrected chi connectivity index (χ3v) is 16.4. The first kappa shape index (κ1) is 83.7. The number of quaternary nitrogens is 1. The van der Waals surface area contributed by atoms with E-state index in [9.17, 15) is 19.5 Å². The molecule has 0 aromatic carbocycles. The average Bonchev–Trinajstić information content (AvgIpc) is 3.55. The maximum atomic E-state index is 13.0. The minimum absolute atomic E-state index is 0.185. The van der Waals surface area contributed by atoms with E-state index in [1.165, 1.54) is 244 Å². The van der Waals surface area contributed by atoms with Crippen LogP contribution in [0.25, 0.3) is 0 Å². The normalized spacial score (nSPS) is 13.1. The number of allylic oxidation sites excluding steroid dienone is 12. The number of aliphatic carboxylic acids is 1. The summed E-state index contributed by atoms with van der Waals surface area (Å²) < 4.78 is 23.0. The molecular formula is C78H142NO8+. The van der Waals surface area contributed by atoms with Gasteiger partial charge in [-0.2, -0.15) is 0 Å². The quantitative estimate of drug-likeness (QED) is 0.0211. The van der Waals surface area contributed by atoms with Crippen molar-refractivity contribution in [3.63, 3.8) is 0 Å². The molecule has 0 aromatic heterocycles. The van der Waals surface area contributed by atoms with Gasteiger partial charge >= 0.3 is 17.9 Å². The van der Waals surface area contributed by atoms with Crippen molar-refractivity contribution in [3.8, 4) is 0 Å². The summed E-state index contributed by atoms with van der Waals surface area (Å²) in [5.41, 5.74) is 0. The van der Waals surface area contributed by atoms with E-state index in [2.05, 4.69) is 86.8 Å². The summed E-state index contributed by atoms with van der Waals surface area (Å²) in [4.78, 5) is 37.6. The zero-order chi connectivity index (χ0) is 63.3. The largest absolute Gasteiger partial charge is 0.477 e. The van der Waals surface area contributed by atoms with Crippen LogP contribution in [0.15, 0.2) is 72.9 Å². The lowest BCUT2D eigenvalue weighted by Crippen LogP contribution is -2.40. The molecule has 0 saturated heterocycles. The number of likely N-dealkylation sites (N-methyl/N-ethyl adjacent to an activating group) is 1. The second kappa shape index (κ2) is 68.6. The molecule has 0 rings (SSSR count). The summed E-state index contributed by atoms with van der Waals surface area (Å²) in [7, 11) is 5.98. The van der Waals surface area contributed by atoms with Crippen LogP contribution < -0.4 is 0 Å². The van der Waals surface area contributed by atoms with Gasteiger partial charge in [-0.1, -0.05) is 318 Å². The minimum Gasteiger partial charge on any atom is -0.477 e. The lowest BCUT2D eigenvalue weighted by atomic mass is 10.0. The van der Waals surface area contributed by atoms with E-state index < -0.39 is 24.3 Å². The Labute approximate surface area is 538 Å². The fourth-order valence-corrected chi connectivity index (χ4v) is 10.7. The van der Waals surface area contributed by atoms with Gasteiger partial charge in [-0.05, 0) is 89.9 Å². The number of carboxylic acid groups (broad SMARTS) is 1. The van der Waals surface area contributed by atoms with E-state index in [-0.39, 0.29) is 32.2 Å². The highest BCUT2D eigenvalue weighted by molar-refractivity contribution is 5.71. The maximum Gasteiger partial charge on any atom is 0.361 e. The van der Waals surface area contributed by atoms with Crippen molar-refractivity contribution in [2.24, 2.45) is 0 Å². The van der Waals surface area contributed by atoms with Crippen molar-refractivity contribution >= 4 is 17.9 Å². The fourth-order valence-electron chi connectivity index (χ4n) is 10.7. The number of carboxylic acids is 1. The van der Waals surface area contributed by atoms with E-state index in [4.69, 9.17) is 18.9 Å². The lowest BCUT2D eigenvalue weighted by Gasteiger charge is -2.25. The van der Waals surface area contributed by atoms with Crippen LogP contribution >= 0.6 is 0 Å². The van der Waals surface area contributed by atoms with Gasteiger partial charge in [-0.3, -0.25) is 9.59 Å². The fraction of sp³-hybridized carbons (Fsp3) is 0.808. The molecule has 9 nitrogen and oxygen atoms in total. The van der Waals surface area contributed by atoms with Gasteiger partial charge in [0, 0.05) is 12.8 Å². The molecule has 0 aliphatic rings. The molecule has 0 amide bonds. The molecule has 1 N–H and O–H groups in total. The van der Waals surface area contributed by atoms with Crippen LogP contribution in [0.1, 0.15) is 348 Å². The second-order valence-electron chi connectivity index (χ2n) is 26.3. The standard InChI is InChI=1S/C78H141NO8/c1-6-8-10-12-14-16-18-20-22-24-26-28-30-31-32-33-34-35-36-37-38-39-40-41-42-43-44-45-47-49-51-53-55-57-59-61-63-65-67-69-76(81)87-74(73-86-78(77(82)83)84-71-70-79(3,4)5)72-85-75(80)68-66-64-62-60-58-56-54-52-50-48-46-29-27-25-23-21-19-17-15-13-11-9-7-2/h18-21,24-27,30-31,46,48,74,78H,6-17,22-23,28-29,32-45,47,49-73H2,1-5H3/p+1/b20-18-,21-19-,26-24-,27-25-,31-30-,48-46-. The lowest BCUT2D eigenvalue weighted by molar-refractivity contribution is -0.870. The van der Waals surface area contributed by atoms with E-state index >= 15 is 0 Å². The summed E-state index contributed by atoms with van der Waals surface area (Å²) in [5, 5.41) is 9.75. The van der Waals surface area contributed by atoms with Crippen LogP contribution in [0.2, 0.25) is 0 Å². The number of unbranched alkanes of at least 4 members (excludes halogenated alkanes) is 42. The molecule has 0 heterocycles. The van der Waals surface area contributed by atoms with Gasteiger partial charge in [-0.15, -0.1) is 0 Å². The van der Waals surface area contributed by atoms with Gasteiger partial charge < -0.3 is 28.5 Å².